The minimum Gasteiger partial charge on any atom is -0.270 e. The van der Waals surface area contributed by atoms with Gasteiger partial charge in [0.1, 0.15) is 0 Å². The molecule has 0 spiro atoms. The smallest absolute Gasteiger partial charge is 0.270 e. The van der Waals surface area contributed by atoms with Crippen molar-refractivity contribution in [1.29, 1.82) is 0 Å². The van der Waals surface area contributed by atoms with Crippen LogP contribution in [0.3, 0.4) is 0 Å². The predicted molar refractivity (Wildman–Crippen MR) is 40.6 cm³/mol. The average Bonchev–Trinajstić information content (AvgIpc) is 2.06. The Balaban J connectivity index is 0.00000121. The van der Waals surface area contributed by atoms with Gasteiger partial charge >= 0.3 is 20.4 Å². The van der Waals surface area contributed by atoms with Gasteiger partial charge in [-0.15, -0.1) is 0 Å². The molecule has 0 aliphatic heterocycles. The quantitative estimate of drug-likeness (QED) is 0.599. The Kier molecular flexibility index (Phi) is 4.65. The second-order valence-corrected chi connectivity index (χ2v) is 3.65. The molecule has 12 heavy (non-hydrogen) atoms. The van der Waals surface area contributed by atoms with Crippen molar-refractivity contribution in [2.24, 2.45) is 0 Å². The SMILES string of the molecule is COS(=O)(=O)c1ccccc1.[Pd+2]. The van der Waals surface area contributed by atoms with Gasteiger partial charge in [-0.3, -0.25) is 4.18 Å². The molecule has 1 aromatic carbocycles. The summed E-state index contributed by atoms with van der Waals surface area (Å²) < 4.78 is 26.3. The molecule has 0 aliphatic carbocycles. The Morgan fingerprint density at radius 2 is 1.67 bits per heavy atom. The van der Waals surface area contributed by atoms with Crippen LogP contribution in [0, 0.1) is 0 Å². The van der Waals surface area contributed by atoms with Crippen LogP contribution >= 0.6 is 0 Å². The van der Waals surface area contributed by atoms with Gasteiger partial charge < -0.3 is 0 Å². The number of benzene rings is 1. The molecule has 0 N–H and O–H groups in total. The first-order valence-corrected chi connectivity index (χ1v) is 4.43. The summed E-state index contributed by atoms with van der Waals surface area (Å²) in [4.78, 5) is 0.183. The maximum absolute atomic E-state index is 11.0. The fourth-order valence-electron chi connectivity index (χ4n) is 0.683. The van der Waals surface area contributed by atoms with Crippen LogP contribution in [0.2, 0.25) is 0 Å². The van der Waals surface area contributed by atoms with Gasteiger partial charge in [-0.2, -0.15) is 8.42 Å². The van der Waals surface area contributed by atoms with Crippen LogP contribution in [0.1, 0.15) is 0 Å². The van der Waals surface area contributed by atoms with E-state index in [4.69, 9.17) is 0 Å². The summed E-state index contributed by atoms with van der Waals surface area (Å²) in [5.74, 6) is 0. The van der Waals surface area contributed by atoms with Gasteiger partial charge in [0.25, 0.3) is 10.1 Å². The molecular formula is C7H8O3PdS+2. The molecule has 0 aliphatic rings. The second-order valence-electron chi connectivity index (χ2n) is 1.93. The topological polar surface area (TPSA) is 43.4 Å². The molecule has 0 saturated carbocycles. The van der Waals surface area contributed by atoms with Crippen molar-refractivity contribution in [2.75, 3.05) is 7.11 Å². The van der Waals surface area contributed by atoms with Gasteiger partial charge in [-0.1, -0.05) is 18.2 Å². The standard InChI is InChI=1S/C7H8O3S.Pd/c1-10-11(8,9)7-5-3-2-4-6-7;/h2-6H,1H3;/q;+2. The van der Waals surface area contributed by atoms with Gasteiger partial charge in [-0.25, -0.2) is 0 Å². The molecular weight excluding hydrogens is 271 g/mol. The van der Waals surface area contributed by atoms with Crippen molar-refractivity contribution in [3.8, 4) is 0 Å². The molecule has 0 heterocycles. The summed E-state index contributed by atoms with van der Waals surface area (Å²) in [5.41, 5.74) is 0. The summed E-state index contributed by atoms with van der Waals surface area (Å²) >= 11 is 0. The third-order valence-corrected chi connectivity index (χ3v) is 2.54. The van der Waals surface area contributed by atoms with Crippen LogP contribution in [0.5, 0.6) is 0 Å². The first-order chi connectivity index (χ1) is 5.17. The van der Waals surface area contributed by atoms with Gasteiger partial charge in [0.2, 0.25) is 0 Å². The van der Waals surface area contributed by atoms with E-state index < -0.39 is 10.1 Å². The van der Waals surface area contributed by atoms with Crippen LogP contribution in [-0.2, 0) is 34.7 Å². The van der Waals surface area contributed by atoms with Crippen molar-refractivity contribution < 1.29 is 33.0 Å². The van der Waals surface area contributed by atoms with Gasteiger partial charge in [0, 0.05) is 0 Å². The van der Waals surface area contributed by atoms with E-state index in [9.17, 15) is 8.42 Å². The van der Waals surface area contributed by atoms with Crippen molar-refractivity contribution in [3.05, 3.63) is 30.3 Å². The minimum absolute atomic E-state index is 0. The van der Waals surface area contributed by atoms with Crippen LogP contribution in [0.25, 0.3) is 0 Å². The Hall–Kier alpha value is -0.208. The molecule has 0 radical (unpaired) electrons. The number of hydrogen-bond donors (Lipinski definition) is 0. The molecule has 0 fully saturated rings. The molecule has 1 rings (SSSR count). The Morgan fingerprint density at radius 1 is 1.17 bits per heavy atom. The van der Waals surface area contributed by atoms with Crippen LogP contribution in [-0.4, -0.2) is 15.5 Å². The Bertz CT molecular complexity index is 320. The van der Waals surface area contributed by atoms with E-state index in [1.807, 2.05) is 0 Å². The molecule has 0 amide bonds. The van der Waals surface area contributed by atoms with Crippen LogP contribution < -0.4 is 0 Å². The van der Waals surface area contributed by atoms with E-state index in [0.29, 0.717) is 0 Å². The van der Waals surface area contributed by atoms with Gasteiger partial charge in [-0.05, 0) is 12.1 Å². The van der Waals surface area contributed by atoms with E-state index in [0.717, 1.165) is 7.11 Å². The number of hydrogen-bond acceptors (Lipinski definition) is 3. The monoisotopic (exact) mass is 278 g/mol. The zero-order valence-corrected chi connectivity index (χ0v) is 8.71. The van der Waals surface area contributed by atoms with E-state index in [1.165, 1.54) is 12.1 Å². The van der Waals surface area contributed by atoms with Crippen molar-refractivity contribution in [3.63, 3.8) is 0 Å². The van der Waals surface area contributed by atoms with Crippen LogP contribution in [0.4, 0.5) is 0 Å². The summed E-state index contributed by atoms with van der Waals surface area (Å²) in [5, 5.41) is 0. The molecule has 1 aromatic rings. The predicted octanol–water partition coefficient (Wildman–Crippen LogP) is 1.02. The molecule has 5 heteroatoms. The summed E-state index contributed by atoms with van der Waals surface area (Å²) in [6.07, 6.45) is 0. The third-order valence-electron chi connectivity index (χ3n) is 1.25. The third kappa shape index (κ3) is 2.68. The summed E-state index contributed by atoms with van der Waals surface area (Å²) in [6.45, 7) is 0. The first-order valence-electron chi connectivity index (χ1n) is 3.02. The zero-order chi connectivity index (χ0) is 8.32. The maximum atomic E-state index is 11.0. The largest absolute Gasteiger partial charge is 2.00 e. The number of rotatable bonds is 2. The fraction of sp³-hybridized carbons (Fsp3) is 0.143. The molecule has 0 unspecified atom stereocenters. The Morgan fingerprint density at radius 3 is 2.08 bits per heavy atom. The van der Waals surface area contributed by atoms with E-state index in [2.05, 4.69) is 4.18 Å². The Labute approximate surface area is 85.5 Å². The van der Waals surface area contributed by atoms with Crippen molar-refractivity contribution in [2.45, 2.75) is 4.90 Å². The molecule has 68 valence electrons. The van der Waals surface area contributed by atoms with E-state index in [-0.39, 0.29) is 25.3 Å². The zero-order valence-electron chi connectivity index (χ0n) is 6.34. The second kappa shape index (κ2) is 4.73. The van der Waals surface area contributed by atoms with Gasteiger partial charge in [0.15, 0.2) is 0 Å². The fourth-order valence-corrected chi connectivity index (χ4v) is 1.37. The molecule has 0 aromatic heterocycles. The summed E-state index contributed by atoms with van der Waals surface area (Å²) in [7, 11) is -2.36. The summed E-state index contributed by atoms with van der Waals surface area (Å²) in [6, 6.07) is 8.00. The van der Waals surface area contributed by atoms with Gasteiger partial charge in [0.05, 0.1) is 12.0 Å². The minimum atomic E-state index is -3.50. The molecule has 0 saturated heterocycles. The average molecular weight is 279 g/mol. The molecule has 3 nitrogen and oxygen atoms in total. The first kappa shape index (κ1) is 11.8. The van der Waals surface area contributed by atoms with E-state index in [1.54, 1.807) is 18.2 Å². The van der Waals surface area contributed by atoms with Crippen molar-refractivity contribution >= 4 is 10.1 Å². The van der Waals surface area contributed by atoms with E-state index >= 15 is 0 Å². The normalized spacial score (nSPS) is 10.4. The maximum Gasteiger partial charge on any atom is 2.00 e. The van der Waals surface area contributed by atoms with Crippen LogP contribution in [0.15, 0.2) is 35.2 Å². The van der Waals surface area contributed by atoms with Crippen molar-refractivity contribution in [1.82, 2.24) is 0 Å². The molecule has 0 atom stereocenters. The molecule has 0 bridgehead atoms.